The van der Waals surface area contributed by atoms with E-state index in [0.717, 1.165) is 12.0 Å². The summed E-state index contributed by atoms with van der Waals surface area (Å²) in [4.78, 5) is 14.2. The molecule has 0 atom stereocenters. The first-order valence-electron chi connectivity index (χ1n) is 9.77. The van der Waals surface area contributed by atoms with Gasteiger partial charge in [-0.2, -0.15) is 0 Å². The van der Waals surface area contributed by atoms with Gasteiger partial charge in [0.2, 0.25) is 0 Å². The Morgan fingerprint density at radius 2 is 2.03 bits per heavy atom. The number of fused-ring (bicyclic) bond motifs is 1. The van der Waals surface area contributed by atoms with Crippen molar-refractivity contribution in [2.24, 2.45) is 0 Å². The highest BCUT2D eigenvalue weighted by molar-refractivity contribution is 5.92. The molecule has 2 heterocycles. The standard InChI is InChI=1S/C22H25FN2O4/c1-22(2)13-15-4-3-5-19(21(15)29-22)28-14-20(26)24-16-6-7-18(17(23)12-16)25-8-10-27-11-9-25/h3-7,12H,8-11,13-14H2,1-2H3,(H,24,26). The summed E-state index contributed by atoms with van der Waals surface area (Å²) in [5.74, 6) is 0.490. The molecule has 2 aromatic rings. The Morgan fingerprint density at radius 1 is 1.24 bits per heavy atom. The average molecular weight is 400 g/mol. The van der Waals surface area contributed by atoms with Crippen molar-refractivity contribution in [3.8, 4) is 11.5 Å². The van der Waals surface area contributed by atoms with Gasteiger partial charge >= 0.3 is 0 Å². The number of carbonyl (C=O) groups excluding carboxylic acids is 1. The predicted molar refractivity (Wildman–Crippen MR) is 108 cm³/mol. The molecule has 29 heavy (non-hydrogen) atoms. The number of ether oxygens (including phenoxy) is 3. The highest BCUT2D eigenvalue weighted by Gasteiger charge is 2.32. The van der Waals surface area contributed by atoms with Crippen molar-refractivity contribution < 1.29 is 23.4 Å². The number of morpholine rings is 1. The van der Waals surface area contributed by atoms with Gasteiger partial charge in [-0.3, -0.25) is 4.79 Å². The first-order chi connectivity index (χ1) is 13.9. The van der Waals surface area contributed by atoms with Crippen molar-refractivity contribution in [2.45, 2.75) is 25.9 Å². The molecule has 6 nitrogen and oxygen atoms in total. The molecule has 0 spiro atoms. The average Bonchev–Trinajstić information content (AvgIpc) is 3.01. The highest BCUT2D eigenvalue weighted by atomic mass is 19.1. The molecule has 0 bridgehead atoms. The monoisotopic (exact) mass is 400 g/mol. The summed E-state index contributed by atoms with van der Waals surface area (Å²) in [6.45, 7) is 6.30. The van der Waals surface area contributed by atoms with Gasteiger partial charge in [-0.25, -0.2) is 4.39 Å². The third-order valence-electron chi connectivity index (χ3n) is 5.00. The van der Waals surface area contributed by atoms with Crippen LogP contribution < -0.4 is 19.7 Å². The van der Waals surface area contributed by atoms with Crippen molar-refractivity contribution >= 4 is 17.3 Å². The molecule has 4 rings (SSSR count). The topological polar surface area (TPSA) is 60.0 Å². The van der Waals surface area contributed by atoms with E-state index >= 15 is 0 Å². The number of benzene rings is 2. The summed E-state index contributed by atoms with van der Waals surface area (Å²) >= 11 is 0. The molecule has 0 aliphatic carbocycles. The molecular formula is C22H25FN2O4. The summed E-state index contributed by atoms with van der Waals surface area (Å²) in [6, 6.07) is 10.4. The van der Waals surface area contributed by atoms with Crippen molar-refractivity contribution in [3.05, 3.63) is 47.8 Å². The van der Waals surface area contributed by atoms with Gasteiger partial charge in [0.15, 0.2) is 18.1 Å². The number of hydrogen-bond donors (Lipinski definition) is 1. The Labute approximate surface area is 169 Å². The molecule has 2 aliphatic rings. The fraction of sp³-hybridized carbons (Fsp3) is 0.409. The van der Waals surface area contributed by atoms with Crippen LogP contribution in [0.15, 0.2) is 36.4 Å². The number of para-hydroxylation sites is 1. The number of anilines is 2. The van der Waals surface area contributed by atoms with E-state index < -0.39 is 0 Å². The Morgan fingerprint density at radius 3 is 2.79 bits per heavy atom. The maximum Gasteiger partial charge on any atom is 0.262 e. The third-order valence-corrected chi connectivity index (χ3v) is 5.00. The molecule has 2 aromatic carbocycles. The van der Waals surface area contributed by atoms with E-state index in [2.05, 4.69) is 5.32 Å². The molecular weight excluding hydrogens is 375 g/mol. The lowest BCUT2D eigenvalue weighted by molar-refractivity contribution is -0.118. The summed E-state index contributed by atoms with van der Waals surface area (Å²) in [5, 5.41) is 2.68. The van der Waals surface area contributed by atoms with Crippen molar-refractivity contribution in [1.29, 1.82) is 0 Å². The van der Waals surface area contributed by atoms with Gasteiger partial charge in [-0.15, -0.1) is 0 Å². The lowest BCUT2D eigenvalue weighted by atomic mass is 10.0. The van der Waals surface area contributed by atoms with Crippen LogP contribution in [0.25, 0.3) is 0 Å². The molecule has 0 unspecified atom stereocenters. The Bertz CT molecular complexity index is 910. The normalized spacial score (nSPS) is 17.4. The molecule has 1 amide bonds. The van der Waals surface area contributed by atoms with E-state index in [1.165, 1.54) is 6.07 Å². The van der Waals surface area contributed by atoms with E-state index in [9.17, 15) is 9.18 Å². The molecule has 1 fully saturated rings. The van der Waals surface area contributed by atoms with Gasteiger partial charge < -0.3 is 24.4 Å². The van der Waals surface area contributed by atoms with Crippen LogP contribution in [0.2, 0.25) is 0 Å². The summed E-state index contributed by atoms with van der Waals surface area (Å²) in [5.41, 5.74) is 1.68. The maximum atomic E-state index is 14.5. The molecule has 0 radical (unpaired) electrons. The van der Waals surface area contributed by atoms with Crippen LogP contribution in [0.5, 0.6) is 11.5 Å². The van der Waals surface area contributed by atoms with Crippen LogP contribution in [-0.4, -0.2) is 44.4 Å². The number of amides is 1. The van der Waals surface area contributed by atoms with Crippen molar-refractivity contribution in [3.63, 3.8) is 0 Å². The lowest BCUT2D eigenvalue weighted by Gasteiger charge is -2.29. The Balaban J connectivity index is 1.36. The molecule has 0 saturated carbocycles. The number of rotatable bonds is 5. The minimum atomic E-state index is -0.373. The van der Waals surface area contributed by atoms with Crippen LogP contribution in [0.3, 0.4) is 0 Å². The summed E-state index contributed by atoms with van der Waals surface area (Å²) < 4.78 is 31.4. The van der Waals surface area contributed by atoms with Crippen LogP contribution in [0.4, 0.5) is 15.8 Å². The maximum absolute atomic E-state index is 14.5. The first-order valence-corrected chi connectivity index (χ1v) is 9.77. The van der Waals surface area contributed by atoms with Crippen LogP contribution >= 0.6 is 0 Å². The van der Waals surface area contributed by atoms with Gasteiger partial charge in [-0.1, -0.05) is 12.1 Å². The van der Waals surface area contributed by atoms with E-state index in [4.69, 9.17) is 14.2 Å². The molecule has 154 valence electrons. The van der Waals surface area contributed by atoms with Crippen LogP contribution in [0, 0.1) is 5.82 Å². The second kappa shape index (κ2) is 7.91. The number of nitrogens with zero attached hydrogens (tertiary/aromatic N) is 1. The predicted octanol–water partition coefficient (Wildman–Crippen LogP) is 3.39. The van der Waals surface area contributed by atoms with E-state index in [1.54, 1.807) is 18.2 Å². The molecule has 2 aliphatic heterocycles. The molecule has 0 aromatic heterocycles. The van der Waals surface area contributed by atoms with Gasteiger partial charge in [0.1, 0.15) is 11.4 Å². The zero-order chi connectivity index (χ0) is 20.4. The number of halogens is 1. The minimum absolute atomic E-state index is 0.187. The van der Waals surface area contributed by atoms with Gasteiger partial charge in [0.05, 0.1) is 18.9 Å². The Kier molecular flexibility index (Phi) is 5.32. The number of hydrogen-bond acceptors (Lipinski definition) is 5. The van der Waals surface area contributed by atoms with Gasteiger partial charge in [0, 0.05) is 30.8 Å². The number of nitrogens with one attached hydrogen (secondary N) is 1. The molecule has 1 saturated heterocycles. The van der Waals surface area contributed by atoms with Crippen LogP contribution in [0.1, 0.15) is 19.4 Å². The second-order valence-electron chi connectivity index (χ2n) is 7.89. The molecule has 7 heteroatoms. The van der Waals surface area contributed by atoms with Crippen molar-refractivity contribution in [2.75, 3.05) is 43.1 Å². The Hall–Kier alpha value is -2.80. The van der Waals surface area contributed by atoms with Crippen LogP contribution in [-0.2, 0) is 16.0 Å². The fourth-order valence-electron chi connectivity index (χ4n) is 3.69. The van der Waals surface area contributed by atoms with Crippen molar-refractivity contribution in [1.82, 2.24) is 0 Å². The smallest absolute Gasteiger partial charge is 0.262 e. The second-order valence-corrected chi connectivity index (χ2v) is 7.89. The summed E-state index contributed by atoms with van der Waals surface area (Å²) in [6.07, 6.45) is 0.792. The zero-order valence-electron chi connectivity index (χ0n) is 16.7. The van der Waals surface area contributed by atoms with E-state index in [1.807, 2.05) is 30.9 Å². The lowest BCUT2D eigenvalue weighted by Crippen LogP contribution is -2.36. The molecule has 1 N–H and O–H groups in total. The summed E-state index contributed by atoms with van der Waals surface area (Å²) in [7, 11) is 0. The SMILES string of the molecule is CC1(C)Cc2cccc(OCC(=O)Nc3ccc(N4CCOCC4)c(F)c3)c2O1. The third kappa shape index (κ3) is 4.45. The fourth-order valence-corrected chi connectivity index (χ4v) is 3.69. The zero-order valence-corrected chi connectivity index (χ0v) is 16.7. The highest BCUT2D eigenvalue weighted by Crippen LogP contribution is 2.41. The van der Waals surface area contributed by atoms with E-state index in [-0.39, 0.29) is 23.9 Å². The van der Waals surface area contributed by atoms with Gasteiger partial charge in [-0.05, 0) is 38.1 Å². The van der Waals surface area contributed by atoms with Gasteiger partial charge in [0.25, 0.3) is 5.91 Å². The number of carbonyl (C=O) groups is 1. The largest absolute Gasteiger partial charge is 0.483 e. The quantitative estimate of drug-likeness (QED) is 0.834. The minimum Gasteiger partial charge on any atom is -0.483 e. The first kappa shape index (κ1) is 19.5. The van der Waals surface area contributed by atoms with E-state index in [0.29, 0.717) is 49.2 Å².